The molecule has 0 spiro atoms. The van der Waals surface area contributed by atoms with Crippen molar-refractivity contribution in [1.29, 1.82) is 0 Å². The summed E-state index contributed by atoms with van der Waals surface area (Å²) < 4.78 is 11.4. The number of hydrogen-bond acceptors (Lipinski definition) is 7. The van der Waals surface area contributed by atoms with Crippen molar-refractivity contribution in [2.75, 3.05) is 40.4 Å². The van der Waals surface area contributed by atoms with Crippen LogP contribution in [0.5, 0.6) is 5.75 Å². The number of carbonyl (C=O) groups is 3. The van der Waals surface area contributed by atoms with Gasteiger partial charge in [-0.3, -0.25) is 24.5 Å². The predicted molar refractivity (Wildman–Crippen MR) is 149 cm³/mol. The van der Waals surface area contributed by atoms with E-state index in [-0.39, 0.29) is 0 Å². The van der Waals surface area contributed by atoms with Crippen molar-refractivity contribution in [3.8, 4) is 16.9 Å². The normalized spacial score (nSPS) is 14.2. The Morgan fingerprint density at radius 3 is 2.05 bits per heavy atom. The van der Waals surface area contributed by atoms with Crippen molar-refractivity contribution in [3.05, 3.63) is 89.5 Å². The molecule has 10 heteroatoms. The van der Waals surface area contributed by atoms with Crippen LogP contribution in [0.15, 0.2) is 72.8 Å². The van der Waals surface area contributed by atoms with Crippen molar-refractivity contribution in [2.24, 2.45) is 0 Å². The maximum absolute atomic E-state index is 12.9. The average Bonchev–Trinajstić information content (AvgIpc) is 3.01. The van der Waals surface area contributed by atoms with E-state index in [4.69, 9.17) is 14.7 Å². The van der Waals surface area contributed by atoms with E-state index >= 15 is 0 Å². The zero-order valence-electron chi connectivity index (χ0n) is 22.6. The molecule has 3 amide bonds. The van der Waals surface area contributed by atoms with Crippen LogP contribution in [-0.4, -0.2) is 79.2 Å². The van der Waals surface area contributed by atoms with E-state index in [0.29, 0.717) is 12.2 Å². The molecule has 210 valence electrons. The van der Waals surface area contributed by atoms with Gasteiger partial charge < -0.3 is 19.7 Å². The molecule has 10 nitrogen and oxygen atoms in total. The van der Waals surface area contributed by atoms with Crippen LogP contribution in [0.4, 0.5) is 0 Å². The monoisotopic (exact) mass is 546 g/mol. The van der Waals surface area contributed by atoms with E-state index in [2.05, 4.69) is 34.5 Å². The van der Waals surface area contributed by atoms with Crippen LogP contribution < -0.4 is 15.5 Å². The second-order valence-electron chi connectivity index (χ2n) is 9.50. The van der Waals surface area contributed by atoms with Crippen molar-refractivity contribution in [3.63, 3.8) is 0 Å². The first kappa shape index (κ1) is 28.8. The molecule has 0 radical (unpaired) electrons. The lowest BCUT2D eigenvalue weighted by Crippen LogP contribution is -2.54. The fourth-order valence-corrected chi connectivity index (χ4v) is 4.46. The van der Waals surface area contributed by atoms with Gasteiger partial charge in [-0.15, -0.1) is 0 Å². The minimum atomic E-state index is -1.51. The Morgan fingerprint density at radius 1 is 0.900 bits per heavy atom. The molecular weight excluding hydrogens is 512 g/mol. The van der Waals surface area contributed by atoms with Crippen molar-refractivity contribution in [2.45, 2.75) is 19.2 Å². The van der Waals surface area contributed by atoms with Crippen molar-refractivity contribution >= 4 is 17.7 Å². The lowest BCUT2D eigenvalue weighted by molar-refractivity contribution is -0.140. The largest absolute Gasteiger partial charge is 0.489 e. The third-order valence-electron chi connectivity index (χ3n) is 6.82. The maximum Gasteiger partial charge on any atom is 0.275 e. The highest BCUT2D eigenvalue weighted by Crippen LogP contribution is 2.24. The minimum absolute atomic E-state index is 0.293. The van der Waals surface area contributed by atoms with Gasteiger partial charge in [0.05, 0.1) is 13.2 Å². The Bertz CT molecular complexity index is 1270. The number of amides is 3. The summed E-state index contributed by atoms with van der Waals surface area (Å²) in [4.78, 5) is 40.2. The van der Waals surface area contributed by atoms with Crippen molar-refractivity contribution in [1.82, 2.24) is 20.6 Å². The molecule has 1 unspecified atom stereocenters. The summed E-state index contributed by atoms with van der Waals surface area (Å²) in [7, 11) is 2.66. The Balaban J connectivity index is 1.32. The lowest BCUT2D eigenvalue weighted by Gasteiger charge is -2.26. The van der Waals surface area contributed by atoms with E-state index in [1.54, 1.807) is 24.3 Å². The minimum Gasteiger partial charge on any atom is -0.489 e. The quantitative estimate of drug-likeness (QED) is 0.203. The highest BCUT2D eigenvalue weighted by molar-refractivity contribution is 6.08. The standard InChI is InChI=1S/C30H34N4O6/c1-31-28(35)27(29(36)32-38)33(2)30(37)25-9-7-23(8-10-25)24-11-13-26(14-12-24)40-20-22-5-3-21(4-6-22)19-34-15-17-39-18-16-34/h3-14,27,38H,15-20H2,1-2H3,(H,31,35)(H,32,36). The SMILES string of the molecule is CNC(=O)C(C(=O)NO)N(C)C(=O)c1ccc(-c2ccc(OCc3ccc(CN4CCOCC4)cc3)cc2)cc1. The molecule has 3 aromatic carbocycles. The van der Waals surface area contributed by atoms with Crippen LogP contribution in [0, 0.1) is 0 Å². The number of ether oxygens (including phenoxy) is 2. The molecule has 1 saturated heterocycles. The van der Waals surface area contributed by atoms with Crippen LogP contribution in [0.3, 0.4) is 0 Å². The molecular formula is C30H34N4O6. The summed E-state index contributed by atoms with van der Waals surface area (Å²) >= 11 is 0. The number of nitrogens with one attached hydrogen (secondary N) is 2. The summed E-state index contributed by atoms with van der Waals surface area (Å²) in [5.41, 5.74) is 5.91. The number of hydrogen-bond donors (Lipinski definition) is 3. The molecule has 0 saturated carbocycles. The summed E-state index contributed by atoms with van der Waals surface area (Å²) in [6.45, 7) is 4.90. The average molecular weight is 547 g/mol. The number of nitrogens with zero attached hydrogens (tertiary/aromatic N) is 2. The zero-order chi connectivity index (χ0) is 28.5. The zero-order valence-corrected chi connectivity index (χ0v) is 22.6. The molecule has 1 heterocycles. The predicted octanol–water partition coefficient (Wildman–Crippen LogP) is 2.46. The maximum atomic E-state index is 12.9. The van der Waals surface area contributed by atoms with Crippen LogP contribution in [0.25, 0.3) is 11.1 Å². The van der Waals surface area contributed by atoms with Gasteiger partial charge in [0, 0.05) is 39.3 Å². The second kappa shape index (κ2) is 13.7. The first-order chi connectivity index (χ1) is 19.4. The van der Waals surface area contributed by atoms with Gasteiger partial charge in [-0.1, -0.05) is 48.5 Å². The molecule has 3 aromatic rings. The summed E-state index contributed by atoms with van der Waals surface area (Å²) in [5, 5.41) is 11.3. The van der Waals surface area contributed by atoms with Gasteiger partial charge in [0.15, 0.2) is 6.04 Å². The van der Waals surface area contributed by atoms with Crippen LogP contribution in [0.1, 0.15) is 21.5 Å². The third-order valence-corrected chi connectivity index (χ3v) is 6.82. The third kappa shape index (κ3) is 7.23. The molecule has 0 bridgehead atoms. The Hall–Kier alpha value is -4.25. The van der Waals surface area contributed by atoms with E-state index in [9.17, 15) is 14.4 Å². The Kier molecular flexibility index (Phi) is 9.85. The number of hydroxylamine groups is 1. The lowest BCUT2D eigenvalue weighted by atomic mass is 10.0. The number of benzene rings is 3. The number of carbonyl (C=O) groups excluding carboxylic acids is 3. The first-order valence-corrected chi connectivity index (χ1v) is 13.0. The van der Waals surface area contributed by atoms with E-state index < -0.39 is 23.8 Å². The highest BCUT2D eigenvalue weighted by atomic mass is 16.5. The van der Waals surface area contributed by atoms with Gasteiger partial charge in [0.2, 0.25) is 0 Å². The molecule has 0 aliphatic carbocycles. The second-order valence-corrected chi connectivity index (χ2v) is 9.50. The van der Waals surface area contributed by atoms with E-state index in [1.807, 2.05) is 24.3 Å². The first-order valence-electron chi connectivity index (χ1n) is 13.0. The van der Waals surface area contributed by atoms with Gasteiger partial charge in [-0.25, -0.2) is 5.48 Å². The van der Waals surface area contributed by atoms with Gasteiger partial charge in [0.1, 0.15) is 12.4 Å². The van der Waals surface area contributed by atoms with E-state index in [0.717, 1.165) is 60.2 Å². The number of likely N-dealkylation sites (N-methyl/N-ethyl adjacent to an activating group) is 2. The Morgan fingerprint density at radius 2 is 1.48 bits per heavy atom. The molecule has 1 aliphatic heterocycles. The van der Waals surface area contributed by atoms with Crippen LogP contribution >= 0.6 is 0 Å². The van der Waals surface area contributed by atoms with Crippen LogP contribution in [-0.2, 0) is 27.5 Å². The van der Waals surface area contributed by atoms with Crippen LogP contribution in [0.2, 0.25) is 0 Å². The topological polar surface area (TPSA) is 120 Å². The van der Waals surface area contributed by atoms with Gasteiger partial charge in [-0.05, 0) is 46.5 Å². The smallest absolute Gasteiger partial charge is 0.275 e. The summed E-state index contributed by atoms with van der Waals surface area (Å²) in [6.07, 6.45) is 0. The van der Waals surface area contributed by atoms with Gasteiger partial charge in [-0.2, -0.15) is 0 Å². The molecule has 0 aromatic heterocycles. The Labute approximate surface area is 233 Å². The number of morpholine rings is 1. The number of rotatable bonds is 10. The molecule has 1 aliphatic rings. The van der Waals surface area contributed by atoms with E-state index in [1.165, 1.54) is 25.1 Å². The highest BCUT2D eigenvalue weighted by Gasteiger charge is 2.33. The fourth-order valence-electron chi connectivity index (χ4n) is 4.46. The molecule has 4 rings (SSSR count). The molecule has 3 N–H and O–H groups in total. The summed E-state index contributed by atoms with van der Waals surface area (Å²) in [5.74, 6) is -1.52. The molecule has 40 heavy (non-hydrogen) atoms. The molecule has 1 fully saturated rings. The van der Waals surface area contributed by atoms with Gasteiger partial charge in [0.25, 0.3) is 17.7 Å². The summed E-state index contributed by atoms with van der Waals surface area (Å²) in [6, 6.07) is 21.5. The molecule has 1 atom stereocenters. The fraction of sp³-hybridized carbons (Fsp3) is 0.300. The van der Waals surface area contributed by atoms with Gasteiger partial charge >= 0.3 is 0 Å². The van der Waals surface area contributed by atoms with Crippen molar-refractivity contribution < 1.29 is 29.1 Å².